The third kappa shape index (κ3) is 4.98. The summed E-state index contributed by atoms with van der Waals surface area (Å²) in [5.41, 5.74) is 0.334. The van der Waals surface area contributed by atoms with Gasteiger partial charge in [0.05, 0.1) is 17.3 Å². The van der Waals surface area contributed by atoms with Crippen LogP contribution in [-0.4, -0.2) is 74.2 Å². The summed E-state index contributed by atoms with van der Waals surface area (Å²) in [6.07, 6.45) is 1.94. The first-order valence-electron chi connectivity index (χ1n) is 12.3. The predicted octanol–water partition coefficient (Wildman–Crippen LogP) is 3.55. The molecule has 2 aliphatic heterocycles. The molecule has 0 amide bonds. The number of benzene rings is 2. The second kappa shape index (κ2) is 11.2. The van der Waals surface area contributed by atoms with E-state index in [0.717, 1.165) is 6.92 Å². The number of nitrogens with one attached hydrogen (secondary N) is 1. The lowest BCUT2D eigenvalue weighted by molar-refractivity contribution is -0.256. The monoisotopic (exact) mass is 586 g/mol. The van der Waals surface area contributed by atoms with Crippen LogP contribution < -0.4 is 5.43 Å². The number of halogens is 1. The van der Waals surface area contributed by atoms with Gasteiger partial charge in [0.1, 0.15) is 23.4 Å². The number of ether oxygens (including phenoxy) is 3. The molecule has 210 valence electrons. The number of hydrogen-bond donors (Lipinski definition) is 2. The first-order valence-corrected chi connectivity index (χ1v) is 14.8. The molecule has 1 fully saturated rings. The fraction of sp³-hybridized carbons (Fsp3) is 0.333. The molecule has 1 saturated heterocycles. The Labute approximate surface area is 238 Å². The average Bonchev–Trinajstić information content (AvgIpc) is 3.49. The Balaban J connectivity index is 1.49. The molecule has 1 aromatic heterocycles. The minimum absolute atomic E-state index is 0.0642. The van der Waals surface area contributed by atoms with Gasteiger partial charge >= 0.3 is 11.9 Å². The van der Waals surface area contributed by atoms with Crippen molar-refractivity contribution in [1.29, 1.82) is 0 Å². The molecule has 5 rings (SSSR count). The Hall–Kier alpha value is -3.39. The molecule has 3 aromatic rings. The van der Waals surface area contributed by atoms with E-state index in [1.807, 2.05) is 12.5 Å². The van der Waals surface area contributed by atoms with Crippen molar-refractivity contribution in [3.8, 4) is 0 Å². The van der Waals surface area contributed by atoms with Crippen molar-refractivity contribution in [3.05, 3.63) is 89.5 Å². The van der Waals surface area contributed by atoms with Crippen LogP contribution in [0.4, 0.5) is 4.39 Å². The first kappa shape index (κ1) is 28.1. The van der Waals surface area contributed by atoms with Crippen molar-refractivity contribution in [2.75, 3.05) is 24.5 Å². The highest BCUT2D eigenvalue weighted by atomic mass is 32.2. The number of alkyl halides is 1. The summed E-state index contributed by atoms with van der Waals surface area (Å²) >= 11 is 2.74. The molecule has 2 aromatic carbocycles. The summed E-state index contributed by atoms with van der Waals surface area (Å²) in [6.45, 7) is 0.578. The molecular formula is C27H27FN4O6S2. The van der Waals surface area contributed by atoms with Gasteiger partial charge in [0.15, 0.2) is 17.4 Å². The van der Waals surface area contributed by atoms with Crippen LogP contribution in [0.15, 0.2) is 71.9 Å². The maximum absolute atomic E-state index is 16.9. The van der Waals surface area contributed by atoms with E-state index in [-0.39, 0.29) is 16.8 Å². The number of carbonyl (C=O) groups excluding carboxylic acids is 2. The van der Waals surface area contributed by atoms with Gasteiger partial charge in [0, 0.05) is 0 Å². The number of fused-ring (bicyclic) bond motifs is 1. The van der Waals surface area contributed by atoms with Gasteiger partial charge in [-0.1, -0.05) is 36.4 Å². The zero-order valence-corrected chi connectivity index (χ0v) is 23.4. The second-order valence-electron chi connectivity index (χ2n) is 9.19. The molecule has 2 N–H and O–H groups in total. The third-order valence-corrected chi connectivity index (χ3v) is 8.01. The molecule has 40 heavy (non-hydrogen) atoms. The number of carbonyl (C=O) groups is 2. The molecule has 0 spiro atoms. The second-order valence-corrected chi connectivity index (χ2v) is 10.9. The highest BCUT2D eigenvalue weighted by Crippen LogP contribution is 2.49. The summed E-state index contributed by atoms with van der Waals surface area (Å²) in [4.78, 5) is 34.5. The van der Waals surface area contributed by atoms with E-state index in [0.29, 0.717) is 10.9 Å². The zero-order chi connectivity index (χ0) is 28.5. The van der Waals surface area contributed by atoms with Crippen molar-refractivity contribution < 1.29 is 33.3 Å². The van der Waals surface area contributed by atoms with Crippen LogP contribution in [0.5, 0.6) is 0 Å². The Morgan fingerprint density at radius 3 is 2.33 bits per heavy atom. The van der Waals surface area contributed by atoms with Gasteiger partial charge in [-0.2, -0.15) is 0 Å². The summed E-state index contributed by atoms with van der Waals surface area (Å²) < 4.78 is 35.3. The van der Waals surface area contributed by atoms with Gasteiger partial charge < -0.3 is 19.3 Å². The minimum Gasteiger partial charge on any atom is -0.459 e. The van der Waals surface area contributed by atoms with Crippen LogP contribution in [0.1, 0.15) is 39.2 Å². The summed E-state index contributed by atoms with van der Waals surface area (Å²) in [6, 6.07) is 16.3. The van der Waals surface area contributed by atoms with Crippen LogP contribution >= 0.6 is 23.5 Å². The first-order chi connectivity index (χ1) is 19.2. The van der Waals surface area contributed by atoms with Crippen LogP contribution in [0.2, 0.25) is 0 Å². The van der Waals surface area contributed by atoms with E-state index in [4.69, 9.17) is 14.2 Å². The molecule has 2 unspecified atom stereocenters. The zero-order valence-electron chi connectivity index (χ0n) is 21.8. The number of aliphatic imine (C=N–C) groups is 1. The van der Waals surface area contributed by atoms with Crippen LogP contribution in [0, 0.1) is 0 Å². The number of aliphatic hydroxyl groups is 1. The Kier molecular flexibility index (Phi) is 7.91. The molecule has 2 aliphatic rings. The quantitative estimate of drug-likeness (QED) is 0.397. The highest BCUT2D eigenvalue weighted by Gasteiger charge is 2.68. The lowest BCUT2D eigenvalue weighted by Crippen LogP contribution is -2.52. The van der Waals surface area contributed by atoms with Gasteiger partial charge in [-0.05, 0) is 43.7 Å². The standard InChI is InChI=1S/C27H27FN4O6S2/c1-26(28)20(37-24(34)17-12-8-5-9-13-17)18(15-36-23(33)16-10-6-4-7-11-16)38-27(26,35)19-14-29-21-22(39-2)30-25(40-3)31-32(19)21/h4-14,18,20,25,31,35H,15H2,1-3H3/t18-,20-,25?,26-,27?/m1/s1. The number of hydrogen-bond acceptors (Lipinski definition) is 11. The van der Waals surface area contributed by atoms with Crippen LogP contribution in [-0.2, 0) is 20.0 Å². The van der Waals surface area contributed by atoms with E-state index >= 15 is 4.39 Å². The van der Waals surface area contributed by atoms with Gasteiger partial charge in [-0.25, -0.2) is 28.6 Å². The van der Waals surface area contributed by atoms with Gasteiger partial charge in [0.25, 0.3) is 5.79 Å². The number of imidazole rings is 1. The molecule has 3 heterocycles. The smallest absolute Gasteiger partial charge is 0.338 e. The Bertz CT molecular complexity index is 1420. The Morgan fingerprint density at radius 1 is 1.10 bits per heavy atom. The van der Waals surface area contributed by atoms with E-state index in [2.05, 4.69) is 15.4 Å². The highest BCUT2D eigenvalue weighted by molar-refractivity contribution is 8.13. The third-order valence-electron chi connectivity index (χ3n) is 6.68. The van der Waals surface area contributed by atoms with Gasteiger partial charge in [-0.3, -0.25) is 5.43 Å². The molecule has 0 radical (unpaired) electrons. The summed E-state index contributed by atoms with van der Waals surface area (Å²) in [5, 5.41) is 12.5. The van der Waals surface area contributed by atoms with Crippen molar-refractivity contribution in [2.45, 2.75) is 36.1 Å². The van der Waals surface area contributed by atoms with Crippen molar-refractivity contribution >= 4 is 40.5 Å². The number of thioether (sulfide) groups is 2. The normalized spacial score (nSPS) is 27.3. The maximum atomic E-state index is 16.9. The number of esters is 2. The van der Waals surface area contributed by atoms with E-state index < -0.39 is 47.7 Å². The summed E-state index contributed by atoms with van der Waals surface area (Å²) in [5.74, 6) is -3.80. The molecule has 0 aliphatic carbocycles. The Morgan fingerprint density at radius 2 is 1.73 bits per heavy atom. The molecule has 13 heteroatoms. The number of nitrogens with zero attached hydrogens (tertiary/aromatic N) is 3. The molecule has 0 saturated carbocycles. The summed E-state index contributed by atoms with van der Waals surface area (Å²) in [7, 11) is 0. The van der Waals surface area contributed by atoms with Gasteiger partial charge in [-0.15, -0.1) is 23.5 Å². The molecule has 5 atom stereocenters. The van der Waals surface area contributed by atoms with Crippen molar-refractivity contribution in [1.82, 2.24) is 9.66 Å². The van der Waals surface area contributed by atoms with E-state index in [9.17, 15) is 14.7 Å². The lowest BCUT2D eigenvalue weighted by Gasteiger charge is -2.35. The van der Waals surface area contributed by atoms with E-state index in [1.165, 1.54) is 46.5 Å². The van der Waals surface area contributed by atoms with E-state index in [1.54, 1.807) is 48.5 Å². The van der Waals surface area contributed by atoms with Gasteiger partial charge in [0.2, 0.25) is 5.67 Å². The topological polar surface area (TPSA) is 124 Å². The van der Waals surface area contributed by atoms with Crippen molar-refractivity contribution in [2.24, 2.45) is 4.99 Å². The van der Waals surface area contributed by atoms with Crippen LogP contribution in [0.3, 0.4) is 0 Å². The predicted molar refractivity (Wildman–Crippen MR) is 150 cm³/mol. The van der Waals surface area contributed by atoms with Crippen molar-refractivity contribution in [3.63, 3.8) is 0 Å². The molecule has 0 bridgehead atoms. The van der Waals surface area contributed by atoms with Crippen LogP contribution in [0.25, 0.3) is 0 Å². The fourth-order valence-corrected chi connectivity index (χ4v) is 5.58. The molecular weight excluding hydrogens is 559 g/mol. The number of rotatable bonds is 7. The average molecular weight is 587 g/mol. The fourth-order valence-electron chi connectivity index (χ4n) is 4.56. The number of aromatic nitrogens is 2. The maximum Gasteiger partial charge on any atom is 0.338 e. The molecule has 10 nitrogen and oxygen atoms in total. The minimum atomic E-state index is -2.71. The SMILES string of the molecule is CSC1=NC(SC)Nn2c(C3(O)O[C@H](COC(=O)c4ccccc4)[C@@H](OC(=O)c4ccccc4)[C@@]3(C)F)cnc21. The largest absolute Gasteiger partial charge is 0.459 e. The lowest BCUT2D eigenvalue weighted by atomic mass is 9.89.